The second-order valence-electron chi connectivity index (χ2n) is 4.64. The lowest BCUT2D eigenvalue weighted by molar-refractivity contribution is 0.571. The molecule has 6 nitrogen and oxygen atoms in total. The topological polar surface area (TPSA) is 68.5 Å². The average Bonchev–Trinajstić information content (AvgIpc) is 2.68. The van der Waals surface area contributed by atoms with Crippen LogP contribution < -0.4 is 5.32 Å². The summed E-state index contributed by atoms with van der Waals surface area (Å²) in [6, 6.07) is 0. The molecular weight excluding hydrogens is 240 g/mol. The first kappa shape index (κ1) is 13.5. The van der Waals surface area contributed by atoms with Crippen LogP contribution in [0.3, 0.4) is 0 Å². The molecule has 0 aromatic carbocycles. The van der Waals surface area contributed by atoms with E-state index >= 15 is 0 Å². The standard InChI is InChI=1S/C13H20N6/c1-9-10(2)15-8-16-13(9)14-6-5-7-19-12(4)17-11(3)18-19/h8H,5-7H2,1-4H3,(H,14,15,16). The number of nitrogens with one attached hydrogen (secondary N) is 1. The fourth-order valence-electron chi connectivity index (χ4n) is 1.93. The summed E-state index contributed by atoms with van der Waals surface area (Å²) >= 11 is 0. The van der Waals surface area contributed by atoms with Crippen LogP contribution in [0, 0.1) is 27.7 Å². The quantitative estimate of drug-likeness (QED) is 0.830. The van der Waals surface area contributed by atoms with E-state index in [-0.39, 0.29) is 0 Å². The van der Waals surface area contributed by atoms with Gasteiger partial charge in [0.25, 0.3) is 0 Å². The Kier molecular flexibility index (Phi) is 4.09. The van der Waals surface area contributed by atoms with Crippen molar-refractivity contribution in [1.82, 2.24) is 24.7 Å². The molecule has 0 fully saturated rings. The van der Waals surface area contributed by atoms with Gasteiger partial charge in [-0.1, -0.05) is 0 Å². The summed E-state index contributed by atoms with van der Waals surface area (Å²) < 4.78 is 1.94. The van der Waals surface area contributed by atoms with Gasteiger partial charge in [-0.2, -0.15) is 5.10 Å². The molecule has 0 aliphatic rings. The minimum atomic E-state index is 0.827. The van der Waals surface area contributed by atoms with Crippen molar-refractivity contribution in [2.45, 2.75) is 40.7 Å². The number of hydrogen-bond acceptors (Lipinski definition) is 5. The molecule has 0 amide bonds. The number of aromatic nitrogens is 5. The predicted molar refractivity (Wildman–Crippen MR) is 74.1 cm³/mol. The Morgan fingerprint density at radius 1 is 1.16 bits per heavy atom. The van der Waals surface area contributed by atoms with E-state index in [0.717, 1.165) is 48.2 Å². The lowest BCUT2D eigenvalue weighted by atomic mass is 10.2. The zero-order chi connectivity index (χ0) is 13.8. The van der Waals surface area contributed by atoms with Gasteiger partial charge in [0.2, 0.25) is 0 Å². The Bertz CT molecular complexity index is 560. The average molecular weight is 260 g/mol. The highest BCUT2D eigenvalue weighted by atomic mass is 15.3. The highest BCUT2D eigenvalue weighted by molar-refractivity contribution is 5.44. The number of hydrogen-bond donors (Lipinski definition) is 1. The second-order valence-corrected chi connectivity index (χ2v) is 4.64. The van der Waals surface area contributed by atoms with Gasteiger partial charge in [-0.05, 0) is 34.1 Å². The Labute approximate surface area is 113 Å². The van der Waals surface area contributed by atoms with E-state index in [1.807, 2.05) is 32.4 Å². The largest absolute Gasteiger partial charge is 0.370 e. The summed E-state index contributed by atoms with van der Waals surface area (Å²) in [7, 11) is 0. The Hall–Kier alpha value is -1.98. The Balaban J connectivity index is 1.84. The predicted octanol–water partition coefficient (Wildman–Crippen LogP) is 1.80. The van der Waals surface area contributed by atoms with Crippen molar-refractivity contribution in [1.29, 1.82) is 0 Å². The molecule has 0 spiro atoms. The maximum Gasteiger partial charge on any atom is 0.147 e. The molecule has 0 atom stereocenters. The molecule has 2 aromatic heterocycles. The van der Waals surface area contributed by atoms with Gasteiger partial charge in [-0.25, -0.2) is 15.0 Å². The zero-order valence-corrected chi connectivity index (χ0v) is 11.9. The van der Waals surface area contributed by atoms with Crippen LogP contribution in [0.4, 0.5) is 5.82 Å². The molecule has 1 N–H and O–H groups in total. The molecule has 6 heteroatoms. The van der Waals surface area contributed by atoms with Crippen LogP contribution in [0.15, 0.2) is 6.33 Å². The van der Waals surface area contributed by atoms with Crippen molar-refractivity contribution in [2.24, 2.45) is 0 Å². The number of nitrogens with zero attached hydrogens (tertiary/aromatic N) is 5. The third kappa shape index (κ3) is 3.27. The van der Waals surface area contributed by atoms with E-state index in [2.05, 4.69) is 25.4 Å². The summed E-state index contributed by atoms with van der Waals surface area (Å²) in [5.74, 6) is 2.71. The first-order valence-electron chi connectivity index (χ1n) is 6.48. The molecule has 2 heterocycles. The minimum Gasteiger partial charge on any atom is -0.370 e. The van der Waals surface area contributed by atoms with E-state index in [4.69, 9.17) is 0 Å². The van der Waals surface area contributed by atoms with Crippen molar-refractivity contribution in [2.75, 3.05) is 11.9 Å². The van der Waals surface area contributed by atoms with Crippen LogP contribution in [0.5, 0.6) is 0 Å². The maximum atomic E-state index is 4.34. The maximum absolute atomic E-state index is 4.34. The van der Waals surface area contributed by atoms with Gasteiger partial charge >= 0.3 is 0 Å². The Morgan fingerprint density at radius 2 is 1.95 bits per heavy atom. The lowest BCUT2D eigenvalue weighted by Crippen LogP contribution is -2.11. The highest BCUT2D eigenvalue weighted by Crippen LogP contribution is 2.12. The Morgan fingerprint density at radius 3 is 2.63 bits per heavy atom. The lowest BCUT2D eigenvalue weighted by Gasteiger charge is -2.09. The summed E-state index contributed by atoms with van der Waals surface area (Å²) in [5.41, 5.74) is 2.12. The normalized spacial score (nSPS) is 10.7. The summed E-state index contributed by atoms with van der Waals surface area (Å²) in [5, 5.41) is 7.68. The van der Waals surface area contributed by atoms with Crippen LogP contribution in [0.25, 0.3) is 0 Å². The van der Waals surface area contributed by atoms with Gasteiger partial charge in [0.1, 0.15) is 23.8 Å². The molecule has 0 aliphatic carbocycles. The van der Waals surface area contributed by atoms with Crippen molar-refractivity contribution < 1.29 is 0 Å². The number of rotatable bonds is 5. The third-order valence-corrected chi connectivity index (χ3v) is 3.14. The van der Waals surface area contributed by atoms with E-state index in [0.29, 0.717) is 0 Å². The monoisotopic (exact) mass is 260 g/mol. The van der Waals surface area contributed by atoms with Crippen LogP contribution >= 0.6 is 0 Å². The molecular formula is C13H20N6. The number of aryl methyl sites for hydroxylation is 4. The van der Waals surface area contributed by atoms with Gasteiger partial charge in [-0.3, -0.25) is 4.68 Å². The minimum absolute atomic E-state index is 0.827. The van der Waals surface area contributed by atoms with Crippen LogP contribution in [0.1, 0.15) is 29.3 Å². The summed E-state index contributed by atoms with van der Waals surface area (Å²) in [4.78, 5) is 12.7. The smallest absolute Gasteiger partial charge is 0.147 e. The van der Waals surface area contributed by atoms with Gasteiger partial charge in [0.15, 0.2) is 0 Å². The van der Waals surface area contributed by atoms with Crippen LogP contribution in [0.2, 0.25) is 0 Å². The second kappa shape index (κ2) is 5.77. The zero-order valence-electron chi connectivity index (χ0n) is 11.9. The first-order chi connectivity index (χ1) is 9.08. The van der Waals surface area contributed by atoms with E-state index in [9.17, 15) is 0 Å². The van der Waals surface area contributed by atoms with Gasteiger partial charge in [-0.15, -0.1) is 0 Å². The molecule has 0 radical (unpaired) electrons. The molecule has 19 heavy (non-hydrogen) atoms. The van der Waals surface area contributed by atoms with Gasteiger partial charge in [0, 0.05) is 24.3 Å². The van der Waals surface area contributed by atoms with Gasteiger partial charge in [0.05, 0.1) is 0 Å². The van der Waals surface area contributed by atoms with E-state index in [1.165, 1.54) is 0 Å². The fourth-order valence-corrected chi connectivity index (χ4v) is 1.93. The molecule has 2 aromatic rings. The fraction of sp³-hybridized carbons (Fsp3) is 0.538. The molecule has 0 aliphatic heterocycles. The van der Waals surface area contributed by atoms with Crippen LogP contribution in [-0.2, 0) is 6.54 Å². The van der Waals surface area contributed by atoms with E-state index in [1.54, 1.807) is 6.33 Å². The molecule has 2 rings (SSSR count). The molecule has 0 unspecified atom stereocenters. The number of anilines is 1. The molecule has 0 saturated heterocycles. The molecule has 0 bridgehead atoms. The van der Waals surface area contributed by atoms with Crippen molar-refractivity contribution in [3.8, 4) is 0 Å². The van der Waals surface area contributed by atoms with Gasteiger partial charge < -0.3 is 5.32 Å². The molecule has 0 saturated carbocycles. The van der Waals surface area contributed by atoms with Crippen molar-refractivity contribution >= 4 is 5.82 Å². The first-order valence-corrected chi connectivity index (χ1v) is 6.48. The van der Waals surface area contributed by atoms with E-state index < -0.39 is 0 Å². The van der Waals surface area contributed by atoms with Crippen molar-refractivity contribution in [3.05, 3.63) is 29.2 Å². The highest BCUT2D eigenvalue weighted by Gasteiger charge is 2.04. The third-order valence-electron chi connectivity index (χ3n) is 3.14. The molecule has 102 valence electrons. The van der Waals surface area contributed by atoms with Crippen molar-refractivity contribution in [3.63, 3.8) is 0 Å². The SMILES string of the molecule is Cc1nc(C)n(CCCNc2ncnc(C)c2C)n1. The summed E-state index contributed by atoms with van der Waals surface area (Å²) in [6.07, 6.45) is 2.57. The summed E-state index contributed by atoms with van der Waals surface area (Å²) in [6.45, 7) is 9.63. The van der Waals surface area contributed by atoms with Crippen LogP contribution in [-0.4, -0.2) is 31.3 Å².